The van der Waals surface area contributed by atoms with Crippen LogP contribution in [0.3, 0.4) is 0 Å². The van der Waals surface area contributed by atoms with Gasteiger partial charge in [-0.2, -0.15) is 5.26 Å². The summed E-state index contributed by atoms with van der Waals surface area (Å²) in [4.78, 5) is 0. The van der Waals surface area contributed by atoms with Crippen molar-refractivity contribution in [1.82, 2.24) is 10.2 Å². The number of allylic oxidation sites excluding steroid dienone is 1. The number of nitrogens with one attached hydrogen (secondary N) is 1. The van der Waals surface area contributed by atoms with E-state index in [1.165, 1.54) is 0 Å². The highest BCUT2D eigenvalue weighted by molar-refractivity contribution is 5.74. The van der Waals surface area contributed by atoms with Gasteiger partial charge in [0, 0.05) is 11.1 Å². The number of fused-ring (bicyclic) bond motifs is 1. The van der Waals surface area contributed by atoms with Gasteiger partial charge in [-0.05, 0) is 31.2 Å². The number of nitrogens with two attached hydrogens (primary N) is 1. The molecule has 9 heteroatoms. The summed E-state index contributed by atoms with van der Waals surface area (Å²) in [6.07, 6.45) is 0. The van der Waals surface area contributed by atoms with Crippen molar-refractivity contribution in [3.05, 3.63) is 59.0 Å². The van der Waals surface area contributed by atoms with Gasteiger partial charge in [0.25, 0.3) is 0 Å². The molecule has 2 aromatic carbocycles. The maximum absolute atomic E-state index is 9.98. The topological polar surface area (TPSA) is 125 Å². The van der Waals surface area contributed by atoms with E-state index in [0.717, 1.165) is 5.56 Å². The first-order chi connectivity index (χ1) is 16.1. The fourth-order valence-electron chi connectivity index (χ4n) is 4.01. The molecule has 3 aromatic rings. The van der Waals surface area contributed by atoms with Gasteiger partial charge in [0.1, 0.15) is 11.6 Å². The number of aromatic amines is 1. The van der Waals surface area contributed by atoms with Gasteiger partial charge in [-0.1, -0.05) is 12.1 Å². The van der Waals surface area contributed by atoms with Gasteiger partial charge >= 0.3 is 0 Å². The number of aromatic nitrogens is 2. The van der Waals surface area contributed by atoms with Gasteiger partial charge in [-0.15, -0.1) is 5.10 Å². The number of methoxy groups -OCH3 is 3. The van der Waals surface area contributed by atoms with E-state index < -0.39 is 5.92 Å². The third kappa shape index (κ3) is 3.65. The molecular formula is C24H24N4O5. The fraction of sp³-hybridized carbons (Fsp3) is 0.250. The largest absolute Gasteiger partial charge is 0.493 e. The van der Waals surface area contributed by atoms with E-state index in [9.17, 15) is 5.26 Å². The molecule has 2 heterocycles. The van der Waals surface area contributed by atoms with Gasteiger partial charge < -0.3 is 29.4 Å². The quantitative estimate of drug-likeness (QED) is 0.560. The molecule has 3 N–H and O–H groups in total. The van der Waals surface area contributed by atoms with Crippen molar-refractivity contribution < 1.29 is 23.7 Å². The minimum absolute atomic E-state index is 0.0119. The lowest BCUT2D eigenvalue weighted by molar-refractivity contribution is 0.311. The third-order valence-electron chi connectivity index (χ3n) is 5.44. The highest BCUT2D eigenvalue weighted by Crippen LogP contribution is 2.50. The summed E-state index contributed by atoms with van der Waals surface area (Å²) < 4.78 is 28.0. The van der Waals surface area contributed by atoms with Crippen LogP contribution in [0.5, 0.6) is 28.9 Å². The van der Waals surface area contributed by atoms with Crippen molar-refractivity contribution in [1.29, 1.82) is 5.26 Å². The minimum Gasteiger partial charge on any atom is -0.493 e. The lowest BCUT2D eigenvalue weighted by Crippen LogP contribution is -2.21. The van der Waals surface area contributed by atoms with Gasteiger partial charge in [0.05, 0.1) is 45.1 Å². The predicted molar refractivity (Wildman–Crippen MR) is 121 cm³/mol. The number of nitriles is 1. The minimum atomic E-state index is -0.602. The lowest BCUT2D eigenvalue weighted by Gasteiger charge is -2.26. The molecule has 1 aromatic heterocycles. The zero-order chi connectivity index (χ0) is 23.5. The second-order valence-corrected chi connectivity index (χ2v) is 7.12. The first-order valence-electron chi connectivity index (χ1n) is 10.3. The van der Waals surface area contributed by atoms with Crippen molar-refractivity contribution in [3.63, 3.8) is 0 Å². The first kappa shape index (κ1) is 21.9. The van der Waals surface area contributed by atoms with Crippen molar-refractivity contribution in [3.8, 4) is 46.2 Å². The molecule has 0 bridgehead atoms. The van der Waals surface area contributed by atoms with E-state index >= 15 is 0 Å². The van der Waals surface area contributed by atoms with Crippen LogP contribution in [0.1, 0.15) is 24.0 Å². The predicted octanol–water partition coefficient (Wildman–Crippen LogP) is 3.72. The summed E-state index contributed by atoms with van der Waals surface area (Å²) >= 11 is 0. The molecule has 0 unspecified atom stereocenters. The highest BCUT2D eigenvalue weighted by Gasteiger charge is 2.37. The van der Waals surface area contributed by atoms with Crippen LogP contribution in [-0.2, 0) is 0 Å². The van der Waals surface area contributed by atoms with Crippen molar-refractivity contribution >= 4 is 0 Å². The number of H-pyrrole nitrogens is 1. The normalized spacial score (nSPS) is 14.7. The monoisotopic (exact) mass is 448 g/mol. The Kier molecular flexibility index (Phi) is 6.00. The average Bonchev–Trinajstić information content (AvgIpc) is 3.26. The zero-order valence-corrected chi connectivity index (χ0v) is 18.8. The van der Waals surface area contributed by atoms with E-state index in [4.69, 9.17) is 29.4 Å². The Hall–Kier alpha value is -4.32. The number of nitrogens with zero attached hydrogens (tertiary/aromatic N) is 2. The van der Waals surface area contributed by atoms with Crippen LogP contribution in [0.15, 0.2) is 47.9 Å². The van der Waals surface area contributed by atoms with Gasteiger partial charge in [-0.3, -0.25) is 5.10 Å². The maximum Gasteiger partial charge on any atom is 0.244 e. The van der Waals surface area contributed by atoms with Gasteiger partial charge in [0.2, 0.25) is 11.8 Å². The standard InChI is InChI=1S/C24H24N4O5/c1-5-32-16-10-9-13(11-18(16)30-3)21-20-19(14-7-6-8-17(29-2)22(14)31-4)15(12-25)23(26)33-24(20)28-27-21/h6-11,19H,5,26H2,1-4H3,(H,27,28)/t19-/m0/s1. The van der Waals surface area contributed by atoms with Gasteiger partial charge in [0.15, 0.2) is 23.0 Å². The smallest absolute Gasteiger partial charge is 0.244 e. The molecule has 0 saturated carbocycles. The number of rotatable bonds is 7. The van der Waals surface area contributed by atoms with E-state index in [1.807, 2.05) is 37.3 Å². The van der Waals surface area contributed by atoms with Crippen LogP contribution >= 0.6 is 0 Å². The molecule has 1 aliphatic heterocycles. The van der Waals surface area contributed by atoms with Crippen LogP contribution in [0.25, 0.3) is 11.3 Å². The fourth-order valence-corrected chi connectivity index (χ4v) is 4.01. The molecule has 33 heavy (non-hydrogen) atoms. The molecule has 1 aliphatic rings. The van der Waals surface area contributed by atoms with E-state index in [1.54, 1.807) is 27.4 Å². The van der Waals surface area contributed by atoms with Crippen LogP contribution in [0.4, 0.5) is 0 Å². The molecular weight excluding hydrogens is 424 g/mol. The van der Waals surface area contributed by atoms with Crippen molar-refractivity contribution in [2.24, 2.45) is 5.73 Å². The molecule has 170 valence electrons. The molecule has 0 fully saturated rings. The molecule has 0 amide bonds. The van der Waals surface area contributed by atoms with Crippen LogP contribution in [0, 0.1) is 11.3 Å². The van der Waals surface area contributed by atoms with Crippen molar-refractivity contribution in [2.45, 2.75) is 12.8 Å². The number of benzene rings is 2. The third-order valence-corrected chi connectivity index (χ3v) is 5.44. The maximum atomic E-state index is 9.98. The number of para-hydroxylation sites is 1. The molecule has 0 aliphatic carbocycles. The first-order valence-corrected chi connectivity index (χ1v) is 10.3. The Morgan fingerprint density at radius 3 is 2.55 bits per heavy atom. The van der Waals surface area contributed by atoms with E-state index in [2.05, 4.69) is 16.3 Å². The van der Waals surface area contributed by atoms with Crippen LogP contribution in [0.2, 0.25) is 0 Å². The Morgan fingerprint density at radius 2 is 1.88 bits per heavy atom. The zero-order valence-electron chi connectivity index (χ0n) is 18.8. The summed E-state index contributed by atoms with van der Waals surface area (Å²) in [7, 11) is 4.69. The Balaban J connectivity index is 1.95. The SMILES string of the molecule is CCOc1ccc(-c2[nH]nc3c2[C@@H](c2cccc(OC)c2OC)C(C#N)=C(N)O3)cc1OC. The summed E-state index contributed by atoms with van der Waals surface area (Å²) in [6.45, 7) is 2.42. The molecule has 0 radical (unpaired) electrons. The summed E-state index contributed by atoms with van der Waals surface area (Å²) in [5.74, 6) is 1.89. The molecule has 1 atom stereocenters. The molecule has 0 spiro atoms. The lowest BCUT2D eigenvalue weighted by atomic mass is 9.82. The molecule has 4 rings (SSSR count). The van der Waals surface area contributed by atoms with Crippen LogP contribution in [-0.4, -0.2) is 38.1 Å². The Morgan fingerprint density at radius 1 is 1.09 bits per heavy atom. The molecule has 0 saturated heterocycles. The van der Waals surface area contributed by atoms with E-state index in [-0.39, 0.29) is 17.3 Å². The number of hydrogen-bond acceptors (Lipinski definition) is 8. The van der Waals surface area contributed by atoms with Crippen molar-refractivity contribution in [2.75, 3.05) is 27.9 Å². The second kappa shape index (κ2) is 9.04. The van der Waals surface area contributed by atoms with Gasteiger partial charge in [-0.25, -0.2) is 0 Å². The molecule has 9 nitrogen and oxygen atoms in total. The number of ether oxygens (including phenoxy) is 5. The highest BCUT2D eigenvalue weighted by atomic mass is 16.5. The van der Waals surface area contributed by atoms with E-state index in [0.29, 0.717) is 46.4 Å². The van der Waals surface area contributed by atoms with Crippen LogP contribution < -0.4 is 29.4 Å². The average molecular weight is 448 g/mol. The second-order valence-electron chi connectivity index (χ2n) is 7.12. The Labute approximate surface area is 191 Å². The summed E-state index contributed by atoms with van der Waals surface area (Å²) in [5, 5.41) is 17.3. The summed E-state index contributed by atoms with van der Waals surface area (Å²) in [5.41, 5.74) is 9.13. The number of hydrogen-bond donors (Lipinski definition) is 2. The Bertz CT molecular complexity index is 1260. The summed E-state index contributed by atoms with van der Waals surface area (Å²) in [6, 6.07) is 13.2.